The second-order valence-electron chi connectivity index (χ2n) is 4.60. The summed E-state index contributed by atoms with van der Waals surface area (Å²) in [7, 11) is 0. The highest BCUT2D eigenvalue weighted by atomic mass is 79.9. The van der Waals surface area contributed by atoms with E-state index in [4.69, 9.17) is 0 Å². The van der Waals surface area contributed by atoms with Crippen molar-refractivity contribution in [2.75, 3.05) is 13.1 Å². The van der Waals surface area contributed by atoms with E-state index in [2.05, 4.69) is 35.1 Å². The molecule has 2 atom stereocenters. The summed E-state index contributed by atoms with van der Waals surface area (Å²) in [6.07, 6.45) is 0. The lowest BCUT2D eigenvalue weighted by molar-refractivity contribution is 0.0615. The SMILES string of the molecule is CC1CN(C(=O)c2ccccc2Br)C(C)CN1.Cl. The fraction of sp³-hybridized carbons (Fsp3) is 0.462. The van der Waals surface area contributed by atoms with Gasteiger partial charge in [0.25, 0.3) is 5.91 Å². The maximum atomic E-state index is 12.4. The highest BCUT2D eigenvalue weighted by molar-refractivity contribution is 9.10. The van der Waals surface area contributed by atoms with Crippen LogP contribution in [0.5, 0.6) is 0 Å². The number of halogens is 2. The number of nitrogens with zero attached hydrogens (tertiary/aromatic N) is 1. The van der Waals surface area contributed by atoms with Crippen LogP contribution >= 0.6 is 28.3 Å². The molecule has 0 spiro atoms. The molecule has 1 heterocycles. The minimum absolute atomic E-state index is 0. The number of hydrogen-bond donors (Lipinski definition) is 1. The van der Waals surface area contributed by atoms with Gasteiger partial charge in [0.15, 0.2) is 0 Å². The van der Waals surface area contributed by atoms with Crippen LogP contribution in [0, 0.1) is 0 Å². The molecule has 1 aromatic carbocycles. The summed E-state index contributed by atoms with van der Waals surface area (Å²) in [5.41, 5.74) is 0.744. The van der Waals surface area contributed by atoms with E-state index in [9.17, 15) is 4.79 Å². The van der Waals surface area contributed by atoms with E-state index in [-0.39, 0.29) is 24.4 Å². The number of hydrogen-bond acceptors (Lipinski definition) is 2. The summed E-state index contributed by atoms with van der Waals surface area (Å²) in [5, 5.41) is 3.38. The second kappa shape index (κ2) is 6.55. The standard InChI is InChI=1S/C13H17BrN2O.ClH/c1-9-8-16(10(2)7-15-9)13(17)11-5-3-4-6-12(11)14;/h3-6,9-10,15H,7-8H2,1-2H3;1H. The third-order valence-electron chi connectivity index (χ3n) is 3.13. The summed E-state index contributed by atoms with van der Waals surface area (Å²) in [4.78, 5) is 14.4. The Morgan fingerprint density at radius 3 is 2.72 bits per heavy atom. The average molecular weight is 334 g/mol. The monoisotopic (exact) mass is 332 g/mol. The Morgan fingerprint density at radius 1 is 1.39 bits per heavy atom. The lowest BCUT2D eigenvalue weighted by atomic mass is 10.1. The Morgan fingerprint density at radius 2 is 2.06 bits per heavy atom. The normalized spacial score (nSPS) is 23.4. The number of nitrogens with one attached hydrogen (secondary N) is 1. The first-order valence-electron chi connectivity index (χ1n) is 5.88. The molecule has 1 aliphatic rings. The van der Waals surface area contributed by atoms with Crippen molar-refractivity contribution < 1.29 is 4.79 Å². The maximum Gasteiger partial charge on any atom is 0.255 e. The van der Waals surface area contributed by atoms with Crippen LogP contribution in [0.1, 0.15) is 24.2 Å². The number of piperazine rings is 1. The van der Waals surface area contributed by atoms with Crippen molar-refractivity contribution >= 4 is 34.2 Å². The molecule has 1 amide bonds. The van der Waals surface area contributed by atoms with Crippen molar-refractivity contribution in [2.24, 2.45) is 0 Å². The van der Waals surface area contributed by atoms with E-state index in [1.54, 1.807) is 0 Å². The molecule has 1 aromatic rings. The molecule has 1 N–H and O–H groups in total. The summed E-state index contributed by atoms with van der Waals surface area (Å²) < 4.78 is 0.864. The predicted octanol–water partition coefficient (Wildman–Crippen LogP) is 2.69. The highest BCUT2D eigenvalue weighted by Gasteiger charge is 2.27. The minimum atomic E-state index is 0. The van der Waals surface area contributed by atoms with Crippen molar-refractivity contribution in [1.29, 1.82) is 0 Å². The Balaban J connectivity index is 0.00000162. The van der Waals surface area contributed by atoms with Gasteiger partial charge in [-0.2, -0.15) is 0 Å². The summed E-state index contributed by atoms with van der Waals surface area (Å²) in [6, 6.07) is 8.19. The van der Waals surface area contributed by atoms with Crippen molar-refractivity contribution in [3.8, 4) is 0 Å². The lowest BCUT2D eigenvalue weighted by Crippen LogP contribution is -2.56. The Hall–Kier alpha value is -0.580. The molecule has 5 heteroatoms. The third kappa shape index (κ3) is 3.25. The van der Waals surface area contributed by atoms with Crippen LogP contribution in [0.3, 0.4) is 0 Å². The van der Waals surface area contributed by atoms with Gasteiger partial charge in [-0.3, -0.25) is 4.79 Å². The zero-order valence-corrected chi connectivity index (χ0v) is 12.9. The molecule has 1 aliphatic heterocycles. The van der Waals surface area contributed by atoms with Gasteiger partial charge in [-0.25, -0.2) is 0 Å². The Kier molecular flexibility index (Phi) is 5.63. The van der Waals surface area contributed by atoms with Crippen LogP contribution in [-0.4, -0.2) is 36.0 Å². The Labute approximate surface area is 122 Å². The van der Waals surface area contributed by atoms with Gasteiger partial charge >= 0.3 is 0 Å². The van der Waals surface area contributed by atoms with Crippen LogP contribution in [-0.2, 0) is 0 Å². The highest BCUT2D eigenvalue weighted by Crippen LogP contribution is 2.20. The van der Waals surface area contributed by atoms with Gasteiger partial charge in [0.2, 0.25) is 0 Å². The zero-order valence-electron chi connectivity index (χ0n) is 10.5. The first kappa shape index (κ1) is 15.5. The van der Waals surface area contributed by atoms with Crippen molar-refractivity contribution in [3.05, 3.63) is 34.3 Å². The molecule has 0 bridgehead atoms. The van der Waals surface area contributed by atoms with Gasteiger partial charge in [0.1, 0.15) is 0 Å². The molecule has 1 saturated heterocycles. The van der Waals surface area contributed by atoms with E-state index in [0.717, 1.165) is 23.1 Å². The van der Waals surface area contributed by atoms with Crippen molar-refractivity contribution in [3.63, 3.8) is 0 Å². The summed E-state index contributed by atoms with van der Waals surface area (Å²) >= 11 is 3.44. The fourth-order valence-corrected chi connectivity index (χ4v) is 2.55. The smallest absolute Gasteiger partial charge is 0.255 e. The molecule has 0 saturated carbocycles. The third-order valence-corrected chi connectivity index (χ3v) is 3.82. The topological polar surface area (TPSA) is 32.3 Å². The quantitative estimate of drug-likeness (QED) is 0.857. The van der Waals surface area contributed by atoms with E-state index in [1.165, 1.54) is 0 Å². The van der Waals surface area contributed by atoms with Crippen molar-refractivity contribution in [1.82, 2.24) is 10.2 Å². The predicted molar refractivity (Wildman–Crippen MR) is 79.4 cm³/mol. The molecule has 0 aromatic heterocycles. The van der Waals surface area contributed by atoms with E-state index in [1.807, 2.05) is 29.2 Å². The van der Waals surface area contributed by atoms with Gasteiger partial charge in [0.05, 0.1) is 5.56 Å². The van der Waals surface area contributed by atoms with Crippen molar-refractivity contribution in [2.45, 2.75) is 25.9 Å². The molecule has 0 radical (unpaired) electrons. The molecule has 3 nitrogen and oxygen atoms in total. The van der Waals surface area contributed by atoms with E-state index in [0.29, 0.717) is 6.04 Å². The van der Waals surface area contributed by atoms with Gasteiger partial charge in [0, 0.05) is 29.6 Å². The molecule has 2 rings (SSSR count). The number of amides is 1. The molecule has 0 aliphatic carbocycles. The first-order chi connectivity index (χ1) is 8.09. The second-order valence-corrected chi connectivity index (χ2v) is 5.45. The molecule has 2 unspecified atom stereocenters. The fourth-order valence-electron chi connectivity index (χ4n) is 2.09. The summed E-state index contributed by atoms with van der Waals surface area (Å²) in [5.74, 6) is 0.110. The zero-order chi connectivity index (χ0) is 12.4. The molecular formula is C13H18BrClN2O. The van der Waals surface area contributed by atoms with E-state index >= 15 is 0 Å². The number of carbonyl (C=O) groups excluding carboxylic acids is 1. The molecular weight excluding hydrogens is 316 g/mol. The summed E-state index contributed by atoms with van der Waals surface area (Å²) in [6.45, 7) is 5.80. The molecule has 18 heavy (non-hydrogen) atoms. The first-order valence-corrected chi connectivity index (χ1v) is 6.67. The molecule has 100 valence electrons. The van der Waals surface area contributed by atoms with Gasteiger partial charge in [-0.05, 0) is 41.9 Å². The van der Waals surface area contributed by atoms with Crippen LogP contribution in [0.25, 0.3) is 0 Å². The Bertz CT molecular complexity index is 427. The van der Waals surface area contributed by atoms with Crippen LogP contribution in [0.15, 0.2) is 28.7 Å². The van der Waals surface area contributed by atoms with Gasteiger partial charge in [-0.1, -0.05) is 12.1 Å². The van der Waals surface area contributed by atoms with Crippen LogP contribution in [0.2, 0.25) is 0 Å². The largest absolute Gasteiger partial charge is 0.333 e. The molecule has 1 fully saturated rings. The van der Waals surface area contributed by atoms with Crippen LogP contribution < -0.4 is 5.32 Å². The average Bonchev–Trinajstić information content (AvgIpc) is 2.32. The maximum absolute atomic E-state index is 12.4. The minimum Gasteiger partial charge on any atom is -0.333 e. The van der Waals surface area contributed by atoms with Crippen LogP contribution in [0.4, 0.5) is 0 Å². The van der Waals surface area contributed by atoms with Gasteiger partial charge < -0.3 is 10.2 Å². The van der Waals surface area contributed by atoms with Gasteiger partial charge in [-0.15, -0.1) is 12.4 Å². The van der Waals surface area contributed by atoms with E-state index < -0.39 is 0 Å². The lowest BCUT2D eigenvalue weighted by Gasteiger charge is -2.37. The number of carbonyl (C=O) groups is 1. The number of rotatable bonds is 1. The number of benzene rings is 1.